The van der Waals surface area contributed by atoms with Crippen LogP contribution in [0, 0.1) is 11.6 Å². The third-order valence-corrected chi connectivity index (χ3v) is 7.89. The zero-order valence-electron chi connectivity index (χ0n) is 21.8. The minimum atomic E-state index is -4.34. The van der Waals surface area contributed by atoms with Crippen molar-refractivity contribution in [2.45, 2.75) is 11.8 Å². The minimum Gasteiger partial charge on any atom is -0.352 e. The highest BCUT2D eigenvalue weighted by atomic mass is 32.2. The van der Waals surface area contributed by atoms with Crippen molar-refractivity contribution in [3.05, 3.63) is 85.0 Å². The van der Waals surface area contributed by atoms with Crippen LogP contribution in [-0.2, 0) is 19.6 Å². The number of hydrogen-bond donors (Lipinski definition) is 1. The number of pyridine rings is 1. The quantitative estimate of drug-likeness (QED) is 0.330. The first-order chi connectivity index (χ1) is 19.6. The molecule has 10 nitrogen and oxygen atoms in total. The Morgan fingerprint density at radius 2 is 1.71 bits per heavy atom. The van der Waals surface area contributed by atoms with Crippen molar-refractivity contribution >= 4 is 44.1 Å². The van der Waals surface area contributed by atoms with E-state index in [1.807, 2.05) is 23.1 Å². The fraction of sp³-hybridized carbons (Fsp3) is 0.179. The van der Waals surface area contributed by atoms with Crippen molar-refractivity contribution in [2.75, 3.05) is 35.8 Å². The molecule has 2 aromatic carbocycles. The molecule has 0 saturated carbocycles. The third kappa shape index (κ3) is 6.19. The number of ketones is 1. The Morgan fingerprint density at radius 1 is 0.927 bits per heavy atom. The second-order valence-electron chi connectivity index (χ2n) is 9.33. The molecular formula is C28H24F2N6O4S. The number of carbonyl (C=O) groups is 2. The fourth-order valence-corrected chi connectivity index (χ4v) is 5.56. The molecule has 4 aromatic rings. The molecule has 3 heterocycles. The molecule has 0 radical (unpaired) electrons. The van der Waals surface area contributed by atoms with Gasteiger partial charge in [0.2, 0.25) is 5.91 Å². The molecule has 0 aliphatic carbocycles. The Kier molecular flexibility index (Phi) is 7.70. The zero-order valence-corrected chi connectivity index (χ0v) is 22.6. The van der Waals surface area contributed by atoms with Crippen molar-refractivity contribution in [3.8, 4) is 11.1 Å². The van der Waals surface area contributed by atoms with Gasteiger partial charge in [0.15, 0.2) is 5.78 Å². The summed E-state index contributed by atoms with van der Waals surface area (Å²) in [4.78, 5) is 39.5. The number of allylic oxidation sites excluding steroid dienone is 1. The molecule has 1 amide bonds. The van der Waals surface area contributed by atoms with Crippen LogP contribution in [0.1, 0.15) is 6.92 Å². The van der Waals surface area contributed by atoms with Gasteiger partial charge in [-0.05, 0) is 48.9 Å². The van der Waals surface area contributed by atoms with E-state index in [0.717, 1.165) is 17.5 Å². The first kappa shape index (κ1) is 27.8. The van der Waals surface area contributed by atoms with E-state index in [1.165, 1.54) is 31.6 Å². The van der Waals surface area contributed by atoms with Gasteiger partial charge in [-0.2, -0.15) is 0 Å². The Labute approximate surface area is 234 Å². The van der Waals surface area contributed by atoms with Gasteiger partial charge in [-0.15, -0.1) is 0 Å². The second-order valence-corrected chi connectivity index (χ2v) is 11.0. The summed E-state index contributed by atoms with van der Waals surface area (Å²) >= 11 is 0. The number of aromatic nitrogens is 3. The summed E-state index contributed by atoms with van der Waals surface area (Å²) in [6.45, 7) is 3.33. The third-order valence-electron chi connectivity index (χ3n) is 6.47. The lowest BCUT2D eigenvalue weighted by Crippen LogP contribution is -2.48. The number of fused-ring (bicyclic) bond motifs is 1. The van der Waals surface area contributed by atoms with E-state index in [1.54, 1.807) is 17.2 Å². The molecule has 1 aliphatic rings. The van der Waals surface area contributed by atoms with Crippen LogP contribution in [0.5, 0.6) is 0 Å². The standard InChI is InChI=1S/C28H24F2N6O4S/c1-18(37)2-7-27(38)35-8-10-36(11-9-35)28-23-13-19(3-5-25(23)32-17-33-28)20-12-22(16-31-15-20)34-41(39,40)26-6-4-21(29)14-24(26)30/h2-7,12-17,34H,8-11H2,1H3/b7-2+. The highest BCUT2D eigenvalue weighted by molar-refractivity contribution is 7.92. The summed E-state index contributed by atoms with van der Waals surface area (Å²) in [6.07, 6.45) is 6.84. The highest BCUT2D eigenvalue weighted by Gasteiger charge is 2.23. The molecule has 0 bridgehead atoms. The number of hydrogen-bond acceptors (Lipinski definition) is 8. The maximum Gasteiger partial charge on any atom is 0.264 e. The number of sulfonamides is 1. The largest absolute Gasteiger partial charge is 0.352 e. The second kappa shape index (κ2) is 11.4. The average Bonchev–Trinajstić information content (AvgIpc) is 2.95. The predicted molar refractivity (Wildman–Crippen MR) is 149 cm³/mol. The van der Waals surface area contributed by atoms with Crippen LogP contribution in [0.4, 0.5) is 20.3 Å². The lowest BCUT2D eigenvalue weighted by molar-refractivity contribution is -0.126. The van der Waals surface area contributed by atoms with Gasteiger partial charge >= 0.3 is 0 Å². The summed E-state index contributed by atoms with van der Waals surface area (Å²) < 4.78 is 55.2. The monoisotopic (exact) mass is 578 g/mol. The smallest absolute Gasteiger partial charge is 0.264 e. The fourth-order valence-electron chi connectivity index (χ4n) is 4.46. The van der Waals surface area contributed by atoms with E-state index in [0.29, 0.717) is 54.7 Å². The summed E-state index contributed by atoms with van der Waals surface area (Å²) in [5, 5.41) is 0.751. The first-order valence-corrected chi connectivity index (χ1v) is 14.0. The maximum atomic E-state index is 14.1. The molecule has 41 heavy (non-hydrogen) atoms. The molecule has 0 unspecified atom stereocenters. The van der Waals surface area contributed by atoms with Crippen molar-refractivity contribution in [3.63, 3.8) is 0 Å². The Hall–Kier alpha value is -4.78. The van der Waals surface area contributed by atoms with Crippen molar-refractivity contribution in [1.82, 2.24) is 19.9 Å². The molecule has 5 rings (SSSR count). The Morgan fingerprint density at radius 3 is 2.44 bits per heavy atom. The van der Waals surface area contributed by atoms with Crippen LogP contribution in [0.15, 0.2) is 78.2 Å². The van der Waals surface area contributed by atoms with Gasteiger partial charge in [-0.3, -0.25) is 19.3 Å². The number of nitrogens with zero attached hydrogens (tertiary/aromatic N) is 5. The minimum absolute atomic E-state index is 0.0930. The number of piperazine rings is 1. The van der Waals surface area contributed by atoms with E-state index in [4.69, 9.17) is 0 Å². The molecular weight excluding hydrogens is 554 g/mol. The van der Waals surface area contributed by atoms with E-state index < -0.39 is 26.6 Å². The normalized spacial score (nSPS) is 14.0. The Balaban J connectivity index is 1.39. The SMILES string of the molecule is CC(=O)/C=C/C(=O)N1CCN(c2ncnc3ccc(-c4cncc(NS(=O)(=O)c5ccc(F)cc5F)c4)cc23)CC1. The van der Waals surface area contributed by atoms with Crippen molar-refractivity contribution < 1.29 is 26.8 Å². The maximum absolute atomic E-state index is 14.1. The molecule has 1 saturated heterocycles. The number of nitrogens with one attached hydrogen (secondary N) is 1. The average molecular weight is 579 g/mol. The van der Waals surface area contributed by atoms with Gasteiger partial charge in [0, 0.05) is 55.5 Å². The lowest BCUT2D eigenvalue weighted by atomic mass is 10.0. The molecule has 1 N–H and O–H groups in total. The molecule has 0 atom stereocenters. The van der Waals surface area contributed by atoms with Crippen molar-refractivity contribution in [2.24, 2.45) is 0 Å². The predicted octanol–water partition coefficient (Wildman–Crippen LogP) is 3.56. The zero-order chi connectivity index (χ0) is 29.1. The van der Waals surface area contributed by atoms with Gasteiger partial charge in [-0.1, -0.05) is 6.07 Å². The van der Waals surface area contributed by atoms with Crippen LogP contribution in [0.3, 0.4) is 0 Å². The van der Waals surface area contributed by atoms with Gasteiger partial charge < -0.3 is 9.80 Å². The molecule has 13 heteroatoms. The number of carbonyl (C=O) groups excluding carboxylic acids is 2. The number of halogens is 2. The van der Waals surface area contributed by atoms with Crippen LogP contribution in [0.25, 0.3) is 22.0 Å². The van der Waals surface area contributed by atoms with Crippen molar-refractivity contribution in [1.29, 1.82) is 0 Å². The number of anilines is 2. The topological polar surface area (TPSA) is 125 Å². The summed E-state index contributed by atoms with van der Waals surface area (Å²) in [7, 11) is -4.34. The summed E-state index contributed by atoms with van der Waals surface area (Å²) in [5.74, 6) is -1.83. The van der Waals surface area contributed by atoms with Gasteiger partial charge in [0.05, 0.1) is 17.4 Å². The van der Waals surface area contributed by atoms with Gasteiger partial charge in [0.25, 0.3) is 10.0 Å². The number of amides is 1. The van der Waals surface area contributed by atoms with E-state index in [2.05, 4.69) is 19.7 Å². The van der Waals surface area contributed by atoms with Gasteiger partial charge in [-0.25, -0.2) is 27.2 Å². The molecule has 2 aromatic heterocycles. The summed E-state index contributed by atoms with van der Waals surface area (Å²) in [6, 6.07) is 9.26. The molecule has 1 aliphatic heterocycles. The van der Waals surface area contributed by atoms with E-state index in [9.17, 15) is 26.8 Å². The highest BCUT2D eigenvalue weighted by Crippen LogP contribution is 2.30. The van der Waals surface area contributed by atoms with E-state index >= 15 is 0 Å². The van der Waals surface area contributed by atoms with Crippen LogP contribution in [-0.4, -0.2) is 66.1 Å². The van der Waals surface area contributed by atoms with Crippen LogP contribution >= 0.6 is 0 Å². The van der Waals surface area contributed by atoms with Crippen LogP contribution < -0.4 is 9.62 Å². The number of rotatable bonds is 7. The van der Waals surface area contributed by atoms with Crippen LogP contribution in [0.2, 0.25) is 0 Å². The number of benzene rings is 2. The lowest BCUT2D eigenvalue weighted by Gasteiger charge is -2.35. The van der Waals surface area contributed by atoms with Gasteiger partial charge in [0.1, 0.15) is 28.7 Å². The molecule has 1 fully saturated rings. The Bertz CT molecular complexity index is 1790. The van der Waals surface area contributed by atoms with E-state index in [-0.39, 0.29) is 17.4 Å². The first-order valence-electron chi connectivity index (χ1n) is 12.5. The summed E-state index contributed by atoms with van der Waals surface area (Å²) in [5.41, 5.74) is 2.07. The molecule has 210 valence electrons. The molecule has 0 spiro atoms.